The predicted octanol–water partition coefficient (Wildman–Crippen LogP) is -1.52. The number of hydrogen-bond donors (Lipinski definition) is 14. The lowest BCUT2D eigenvalue weighted by Crippen LogP contribution is -2.66. The normalized spacial score (nSPS) is 54.6. The highest BCUT2D eigenvalue weighted by atomic mass is 16.8. The van der Waals surface area contributed by atoms with Crippen LogP contribution in [0.5, 0.6) is 0 Å². The molecule has 0 amide bonds. The van der Waals surface area contributed by atoms with Crippen molar-refractivity contribution in [3.63, 3.8) is 0 Å². The van der Waals surface area contributed by atoms with E-state index in [0.717, 1.165) is 25.7 Å². The van der Waals surface area contributed by atoms with Crippen LogP contribution in [0.2, 0.25) is 0 Å². The van der Waals surface area contributed by atoms with Crippen LogP contribution in [0.15, 0.2) is 11.6 Å². The van der Waals surface area contributed by atoms with E-state index in [4.69, 9.17) is 47.4 Å². The Morgan fingerprint density at radius 1 is 0.560 bits per heavy atom. The molecule has 32 atom stereocenters. The zero-order valence-corrected chi connectivity index (χ0v) is 49.7. The Balaban J connectivity index is 0.824. The molecular weight excluding hydrogens is 1110 g/mol. The summed E-state index contributed by atoms with van der Waals surface area (Å²) in [5.41, 5.74) is -1.12. The molecule has 5 heterocycles. The number of allylic oxidation sites excluding steroid dienone is 2. The molecule has 5 aliphatic heterocycles. The van der Waals surface area contributed by atoms with E-state index in [9.17, 15) is 71.5 Å². The SMILES string of the molecule is C[C@@H]1O[C@@H](O[C@H]2[C@H](O[C@H]3CC[C@]4(C)[C@H]5CC=C6[C@@H]7CC(C)(C)CC[C@]7(C(=O)O[C@@H]7O[C@H](CO[C@@H]8O[C@H](CO)[C@@H](O[C@@H]9O[C@@H](C)[C@H](O)[C@@H](O)[C@H]9O)[C@H](O)[C@H]8O)[C@@H](O)[C@H](O)[C@H]7O)CC[C@@]6(C)[C@]5(C)CC[C@H]4C3(C)C)OC[C@H](O)[C@@H]2O)[C@H](O)[C@H](O)[C@H]1O. The summed E-state index contributed by atoms with van der Waals surface area (Å²) < 4.78 is 59.6. The van der Waals surface area contributed by atoms with Crippen molar-refractivity contribution in [3.8, 4) is 0 Å². The number of carbonyl (C=O) groups excluding carboxylic acids is 1. The number of hydrogen-bond acceptors (Lipinski definition) is 25. The third kappa shape index (κ3) is 10.9. The number of ether oxygens (including phenoxy) is 10. The van der Waals surface area contributed by atoms with Gasteiger partial charge in [-0.1, -0.05) is 60.1 Å². The fourth-order valence-electron chi connectivity index (χ4n) is 17.5. The van der Waals surface area contributed by atoms with Crippen LogP contribution in [0.25, 0.3) is 0 Å². The zero-order valence-electron chi connectivity index (χ0n) is 49.7. The average molecular weight is 1210 g/mol. The van der Waals surface area contributed by atoms with Crippen molar-refractivity contribution in [2.75, 3.05) is 19.8 Å². The number of carbonyl (C=O) groups is 1. The van der Waals surface area contributed by atoms with Crippen LogP contribution >= 0.6 is 0 Å². The maximum atomic E-state index is 15.2. The number of rotatable bonds is 12. The van der Waals surface area contributed by atoms with Gasteiger partial charge in [-0.05, 0) is 123 Å². The van der Waals surface area contributed by atoms with Gasteiger partial charge in [-0.15, -0.1) is 0 Å². The van der Waals surface area contributed by atoms with E-state index in [-0.39, 0.29) is 52.1 Å². The first-order valence-corrected chi connectivity index (χ1v) is 30.5. The monoisotopic (exact) mass is 1200 g/mol. The molecule has 14 N–H and O–H groups in total. The van der Waals surface area contributed by atoms with Gasteiger partial charge in [0.1, 0.15) is 104 Å². The molecule has 9 fully saturated rings. The maximum absolute atomic E-state index is 15.2. The van der Waals surface area contributed by atoms with E-state index >= 15 is 4.79 Å². The fraction of sp³-hybridized carbons (Fsp3) is 0.949. The van der Waals surface area contributed by atoms with Crippen LogP contribution < -0.4 is 0 Å². The summed E-state index contributed by atoms with van der Waals surface area (Å²) >= 11 is 0. The smallest absolute Gasteiger partial charge is 0.315 e. The van der Waals surface area contributed by atoms with Gasteiger partial charge >= 0.3 is 5.97 Å². The number of aliphatic hydroxyl groups excluding tert-OH is 14. The minimum absolute atomic E-state index is 0.150. The Kier molecular flexibility index (Phi) is 18.5. The minimum atomic E-state index is -1.88. The molecule has 0 aromatic rings. The van der Waals surface area contributed by atoms with Crippen molar-refractivity contribution in [1.29, 1.82) is 0 Å². The summed E-state index contributed by atoms with van der Waals surface area (Å²) in [7, 11) is 0. The van der Waals surface area contributed by atoms with Crippen molar-refractivity contribution >= 4 is 5.97 Å². The minimum Gasteiger partial charge on any atom is -0.432 e. The molecule has 10 rings (SSSR count). The van der Waals surface area contributed by atoms with Gasteiger partial charge in [0.05, 0.1) is 43.5 Å². The number of esters is 1. The lowest BCUT2D eigenvalue weighted by Gasteiger charge is -2.71. The lowest BCUT2D eigenvalue weighted by atomic mass is 9.33. The average Bonchev–Trinajstić information content (AvgIpc) is 0.705. The first-order valence-electron chi connectivity index (χ1n) is 30.5. The maximum Gasteiger partial charge on any atom is 0.315 e. The van der Waals surface area contributed by atoms with Gasteiger partial charge < -0.3 is 119 Å². The van der Waals surface area contributed by atoms with Gasteiger partial charge in [0.25, 0.3) is 0 Å². The van der Waals surface area contributed by atoms with Gasteiger partial charge in [-0.3, -0.25) is 4.79 Å². The van der Waals surface area contributed by atoms with E-state index in [1.54, 1.807) is 0 Å². The topological polar surface area (TPSA) is 393 Å². The second-order valence-electron chi connectivity index (χ2n) is 28.6. The van der Waals surface area contributed by atoms with E-state index in [2.05, 4.69) is 54.5 Å². The van der Waals surface area contributed by atoms with Crippen molar-refractivity contribution in [1.82, 2.24) is 0 Å². The van der Waals surface area contributed by atoms with Crippen LogP contribution in [0, 0.1) is 50.2 Å². The summed E-state index contributed by atoms with van der Waals surface area (Å²) in [5.74, 6) is -0.449. The van der Waals surface area contributed by atoms with Crippen LogP contribution in [0.1, 0.15) is 127 Å². The molecule has 0 aromatic heterocycles. The molecule has 25 heteroatoms. The van der Waals surface area contributed by atoms with E-state index in [1.807, 2.05) is 0 Å². The second-order valence-corrected chi connectivity index (χ2v) is 28.6. The quantitative estimate of drug-likeness (QED) is 0.0600. The fourth-order valence-corrected chi connectivity index (χ4v) is 17.5. The second kappa shape index (κ2) is 23.8. The Labute approximate surface area is 490 Å². The van der Waals surface area contributed by atoms with Gasteiger partial charge in [-0.2, -0.15) is 0 Å². The summed E-state index contributed by atoms with van der Waals surface area (Å²) in [5, 5.41) is 151. The molecule has 10 aliphatic rings. The molecule has 0 spiro atoms. The molecule has 0 aromatic carbocycles. The van der Waals surface area contributed by atoms with Gasteiger partial charge in [0.2, 0.25) is 6.29 Å². The Hall–Kier alpha value is -1.71. The molecule has 5 aliphatic carbocycles. The molecule has 0 radical (unpaired) electrons. The van der Waals surface area contributed by atoms with Gasteiger partial charge in [0, 0.05) is 0 Å². The van der Waals surface area contributed by atoms with Crippen LogP contribution in [-0.4, -0.2) is 251 Å². The predicted molar refractivity (Wildman–Crippen MR) is 287 cm³/mol. The van der Waals surface area contributed by atoms with Crippen molar-refractivity contribution in [2.24, 2.45) is 50.2 Å². The summed E-state index contributed by atoms with van der Waals surface area (Å²) in [6.07, 6.45) is -27.9. The zero-order chi connectivity index (χ0) is 61.3. The highest BCUT2D eigenvalue weighted by Gasteiger charge is 2.70. The third-order valence-electron chi connectivity index (χ3n) is 23.0. The van der Waals surface area contributed by atoms with Gasteiger partial charge in [-0.25, -0.2) is 0 Å². The van der Waals surface area contributed by atoms with Crippen LogP contribution in [0.4, 0.5) is 0 Å². The van der Waals surface area contributed by atoms with E-state index in [1.165, 1.54) is 19.4 Å². The van der Waals surface area contributed by atoms with E-state index in [0.29, 0.717) is 38.5 Å². The molecule has 25 nitrogen and oxygen atoms in total. The van der Waals surface area contributed by atoms with Crippen LogP contribution in [0.3, 0.4) is 0 Å². The Bertz CT molecular complexity index is 2340. The summed E-state index contributed by atoms with van der Waals surface area (Å²) in [6.45, 7) is 17.3. The standard InChI is InChI=1S/C59H96O25/c1-24-34(62)38(66)42(70)49(77-24)82-46-29(21-60)79-48(45(73)41(46)69)76-23-30-37(65)40(68)44(72)51(80-30)84-53(74)59-18-16-54(3,4)20-27(59)26-10-11-32-56(7)14-13-33(55(5,6)31(56)12-15-58(32,9)57(26,8)17-19-59)81-52-47(36(64)28(61)22-75-52)83-50-43(71)39(67)35(63)25(2)78-50/h10,24-25,27-52,60-73H,11-23H2,1-9H3/t24-,25-,27-,28-,29+,30+,31-,32+,33-,34-,35-,36-,37+,38+,39+,40-,41+,42+,43+,44+,45+,46+,47+,48+,49-,50-,51-,52-,56-,57+,58+,59-/m0/s1. The third-order valence-corrected chi connectivity index (χ3v) is 23.0. The lowest BCUT2D eigenvalue weighted by molar-refractivity contribution is -0.364. The highest BCUT2D eigenvalue weighted by Crippen LogP contribution is 2.76. The van der Waals surface area contributed by atoms with Gasteiger partial charge in [0.15, 0.2) is 25.2 Å². The molecule has 0 unspecified atom stereocenters. The largest absolute Gasteiger partial charge is 0.432 e. The summed E-state index contributed by atoms with van der Waals surface area (Å²) in [4.78, 5) is 15.2. The molecule has 482 valence electrons. The molecular formula is C59H96O25. The number of aliphatic hydroxyl groups is 14. The molecule has 0 bridgehead atoms. The van der Waals surface area contributed by atoms with Crippen LogP contribution in [-0.2, 0) is 52.2 Å². The molecule has 4 saturated carbocycles. The van der Waals surface area contributed by atoms with Crippen molar-refractivity contribution in [3.05, 3.63) is 11.6 Å². The Morgan fingerprint density at radius 2 is 1.13 bits per heavy atom. The summed E-state index contributed by atoms with van der Waals surface area (Å²) in [6, 6.07) is 0. The first-order chi connectivity index (χ1) is 39.3. The Morgan fingerprint density at radius 3 is 1.76 bits per heavy atom. The van der Waals surface area contributed by atoms with E-state index < -0.39 is 177 Å². The van der Waals surface area contributed by atoms with Crippen molar-refractivity contribution < 1.29 is 124 Å². The molecule has 84 heavy (non-hydrogen) atoms. The van der Waals surface area contributed by atoms with Crippen molar-refractivity contribution in [2.45, 2.75) is 280 Å². The highest BCUT2D eigenvalue weighted by molar-refractivity contribution is 5.79. The molecule has 5 saturated heterocycles. The number of fused-ring (bicyclic) bond motifs is 7. The first kappa shape index (κ1) is 65.2.